The van der Waals surface area contributed by atoms with Gasteiger partial charge < -0.3 is 10.2 Å². The highest BCUT2D eigenvalue weighted by molar-refractivity contribution is 7.22. The summed E-state index contributed by atoms with van der Waals surface area (Å²) in [6.45, 7) is 0. The first-order valence-corrected chi connectivity index (χ1v) is 5.63. The number of aromatic nitrogens is 1. The standard InChI is InChI=1S/C10H5ClN2O2S/c11-4-1-2-6-5(3-4)8-7(9(14)15-6)13-10(12)16-8/h1-3H,(H2,12,13). The molecular weight excluding hydrogens is 248 g/mol. The van der Waals surface area contributed by atoms with Crippen LogP contribution >= 0.6 is 22.9 Å². The quantitative estimate of drug-likeness (QED) is 0.625. The summed E-state index contributed by atoms with van der Waals surface area (Å²) in [6, 6.07) is 5.07. The van der Waals surface area contributed by atoms with Crippen LogP contribution < -0.4 is 11.4 Å². The van der Waals surface area contributed by atoms with Crippen LogP contribution in [-0.4, -0.2) is 4.98 Å². The van der Waals surface area contributed by atoms with Crippen LogP contribution in [0.4, 0.5) is 5.13 Å². The van der Waals surface area contributed by atoms with E-state index in [1.807, 2.05) is 0 Å². The van der Waals surface area contributed by atoms with Gasteiger partial charge in [0.25, 0.3) is 0 Å². The van der Waals surface area contributed by atoms with Gasteiger partial charge in [0.2, 0.25) is 0 Å². The smallest absolute Gasteiger partial charge is 0.363 e. The fraction of sp³-hybridized carbons (Fsp3) is 0. The molecule has 0 radical (unpaired) electrons. The molecule has 0 unspecified atom stereocenters. The lowest BCUT2D eigenvalue weighted by Gasteiger charge is -1.97. The average Bonchev–Trinajstić information content (AvgIpc) is 2.62. The van der Waals surface area contributed by atoms with Crippen molar-refractivity contribution in [2.45, 2.75) is 0 Å². The summed E-state index contributed by atoms with van der Waals surface area (Å²) in [5.74, 6) is 0. The fourth-order valence-electron chi connectivity index (χ4n) is 1.57. The van der Waals surface area contributed by atoms with Crippen LogP contribution in [0.15, 0.2) is 27.4 Å². The molecular formula is C10H5ClN2O2S. The van der Waals surface area contributed by atoms with E-state index >= 15 is 0 Å². The minimum Gasteiger partial charge on any atom is -0.421 e. The Morgan fingerprint density at radius 2 is 2.25 bits per heavy atom. The fourth-order valence-corrected chi connectivity index (χ4v) is 2.59. The number of nitrogens with zero attached hydrogens (tertiary/aromatic N) is 1. The van der Waals surface area contributed by atoms with E-state index in [9.17, 15) is 4.79 Å². The Bertz CT molecular complexity index is 762. The zero-order valence-corrected chi connectivity index (χ0v) is 9.43. The Kier molecular flexibility index (Phi) is 1.92. The Morgan fingerprint density at radius 3 is 3.06 bits per heavy atom. The van der Waals surface area contributed by atoms with Crippen molar-refractivity contribution >= 4 is 49.3 Å². The number of hydrogen-bond acceptors (Lipinski definition) is 5. The number of nitrogens with two attached hydrogens (primary N) is 1. The molecule has 4 nitrogen and oxygen atoms in total. The van der Waals surface area contributed by atoms with Gasteiger partial charge in [-0.3, -0.25) is 0 Å². The second kappa shape index (κ2) is 3.20. The van der Waals surface area contributed by atoms with Gasteiger partial charge >= 0.3 is 5.63 Å². The molecule has 80 valence electrons. The maximum atomic E-state index is 11.6. The molecule has 0 saturated carbocycles. The minimum absolute atomic E-state index is 0.261. The SMILES string of the molecule is Nc1nc2c(=O)oc3ccc(Cl)cc3c2s1. The molecule has 16 heavy (non-hydrogen) atoms. The number of anilines is 1. The second-order valence-electron chi connectivity index (χ2n) is 3.26. The molecule has 2 N–H and O–H groups in total. The first-order valence-electron chi connectivity index (χ1n) is 4.43. The zero-order chi connectivity index (χ0) is 11.3. The minimum atomic E-state index is -0.474. The summed E-state index contributed by atoms with van der Waals surface area (Å²) in [4.78, 5) is 15.5. The first kappa shape index (κ1) is 9.62. The monoisotopic (exact) mass is 252 g/mol. The zero-order valence-electron chi connectivity index (χ0n) is 7.86. The van der Waals surface area contributed by atoms with Gasteiger partial charge in [-0.15, -0.1) is 0 Å². The van der Waals surface area contributed by atoms with Gasteiger partial charge in [-0.25, -0.2) is 9.78 Å². The van der Waals surface area contributed by atoms with E-state index in [0.717, 1.165) is 5.39 Å². The summed E-state index contributed by atoms with van der Waals surface area (Å²) in [5.41, 5.74) is 5.86. The Morgan fingerprint density at radius 1 is 1.44 bits per heavy atom. The predicted octanol–water partition coefficient (Wildman–Crippen LogP) is 2.64. The number of benzene rings is 1. The molecule has 0 aliphatic carbocycles. The third-order valence-corrected chi connectivity index (χ3v) is 3.38. The molecule has 0 atom stereocenters. The van der Waals surface area contributed by atoms with Gasteiger partial charge in [-0.05, 0) is 18.2 Å². The van der Waals surface area contributed by atoms with Crippen molar-refractivity contribution in [1.82, 2.24) is 4.98 Å². The first-order chi connectivity index (χ1) is 7.65. The Labute approximate surface area is 98.3 Å². The van der Waals surface area contributed by atoms with Gasteiger partial charge in [-0.2, -0.15) is 0 Å². The van der Waals surface area contributed by atoms with Gasteiger partial charge in [0, 0.05) is 10.4 Å². The Hall–Kier alpha value is -1.59. The van der Waals surface area contributed by atoms with E-state index in [1.54, 1.807) is 18.2 Å². The van der Waals surface area contributed by atoms with Crippen molar-refractivity contribution in [3.8, 4) is 0 Å². The highest BCUT2D eigenvalue weighted by atomic mass is 35.5. The predicted molar refractivity (Wildman–Crippen MR) is 65.1 cm³/mol. The molecule has 2 aromatic heterocycles. The van der Waals surface area contributed by atoms with Crippen molar-refractivity contribution in [2.24, 2.45) is 0 Å². The number of hydrogen-bond donors (Lipinski definition) is 1. The number of thiazole rings is 1. The third kappa shape index (κ3) is 1.29. The molecule has 0 fully saturated rings. The molecule has 0 aliphatic rings. The van der Waals surface area contributed by atoms with Crippen LogP contribution in [0.25, 0.3) is 21.2 Å². The van der Waals surface area contributed by atoms with E-state index < -0.39 is 5.63 Å². The van der Waals surface area contributed by atoms with Crippen LogP contribution in [-0.2, 0) is 0 Å². The van der Waals surface area contributed by atoms with Gasteiger partial charge in [0.1, 0.15) is 5.58 Å². The van der Waals surface area contributed by atoms with Crippen LogP contribution in [0.1, 0.15) is 0 Å². The van der Waals surface area contributed by atoms with Crippen molar-refractivity contribution < 1.29 is 4.42 Å². The van der Waals surface area contributed by atoms with Crippen molar-refractivity contribution in [3.63, 3.8) is 0 Å². The van der Waals surface area contributed by atoms with Crippen LogP contribution in [0.2, 0.25) is 5.02 Å². The van der Waals surface area contributed by atoms with Gasteiger partial charge in [0.05, 0.1) is 4.70 Å². The van der Waals surface area contributed by atoms with E-state index in [2.05, 4.69) is 4.98 Å². The highest BCUT2D eigenvalue weighted by Crippen LogP contribution is 2.30. The topological polar surface area (TPSA) is 69.1 Å². The molecule has 1 aromatic carbocycles. The van der Waals surface area contributed by atoms with Gasteiger partial charge in [-0.1, -0.05) is 22.9 Å². The number of halogens is 1. The summed E-state index contributed by atoms with van der Waals surface area (Å²) in [7, 11) is 0. The molecule has 3 aromatic rings. The number of nitrogen functional groups attached to an aromatic ring is 1. The summed E-state index contributed by atoms with van der Waals surface area (Å²) >= 11 is 7.15. The normalized spacial score (nSPS) is 11.3. The van der Waals surface area contributed by atoms with E-state index in [4.69, 9.17) is 21.8 Å². The largest absolute Gasteiger partial charge is 0.421 e. The summed E-state index contributed by atoms with van der Waals surface area (Å²) in [6.07, 6.45) is 0. The van der Waals surface area contributed by atoms with Crippen molar-refractivity contribution in [3.05, 3.63) is 33.6 Å². The molecule has 0 saturated heterocycles. The maximum absolute atomic E-state index is 11.6. The molecule has 0 aliphatic heterocycles. The number of fused-ring (bicyclic) bond motifs is 3. The lowest BCUT2D eigenvalue weighted by molar-refractivity contribution is 0.568. The molecule has 2 heterocycles. The van der Waals surface area contributed by atoms with Crippen molar-refractivity contribution in [1.29, 1.82) is 0 Å². The molecule has 6 heteroatoms. The molecule has 3 rings (SSSR count). The average molecular weight is 253 g/mol. The van der Waals surface area contributed by atoms with Crippen LogP contribution in [0.5, 0.6) is 0 Å². The highest BCUT2D eigenvalue weighted by Gasteiger charge is 2.12. The lowest BCUT2D eigenvalue weighted by atomic mass is 10.2. The van der Waals surface area contributed by atoms with E-state index in [0.29, 0.717) is 20.4 Å². The maximum Gasteiger partial charge on any atom is 0.363 e. The van der Waals surface area contributed by atoms with Gasteiger partial charge in [0.15, 0.2) is 10.6 Å². The van der Waals surface area contributed by atoms with Crippen LogP contribution in [0, 0.1) is 0 Å². The van der Waals surface area contributed by atoms with Crippen LogP contribution in [0.3, 0.4) is 0 Å². The summed E-state index contributed by atoms with van der Waals surface area (Å²) < 4.78 is 5.83. The lowest BCUT2D eigenvalue weighted by Crippen LogP contribution is -1.99. The molecule has 0 amide bonds. The third-order valence-electron chi connectivity index (χ3n) is 2.23. The van der Waals surface area contributed by atoms with Crippen molar-refractivity contribution in [2.75, 3.05) is 5.73 Å². The number of rotatable bonds is 0. The molecule has 0 bridgehead atoms. The summed E-state index contributed by atoms with van der Waals surface area (Å²) in [5, 5.41) is 1.68. The Balaban J connectivity index is 2.65. The van der Waals surface area contributed by atoms with E-state index in [-0.39, 0.29) is 5.52 Å². The molecule has 0 spiro atoms. The van der Waals surface area contributed by atoms with E-state index in [1.165, 1.54) is 11.3 Å². The second-order valence-corrected chi connectivity index (χ2v) is 4.73.